The molecular weight excluding hydrogens is 256 g/mol. The van der Waals surface area contributed by atoms with E-state index < -0.39 is 0 Å². The lowest BCUT2D eigenvalue weighted by Crippen LogP contribution is -2.50. The number of nitrogens with zero attached hydrogens (tertiary/aromatic N) is 1. The van der Waals surface area contributed by atoms with Crippen molar-refractivity contribution in [2.75, 3.05) is 13.1 Å². The molecule has 3 rings (SSSR count). The van der Waals surface area contributed by atoms with Gasteiger partial charge in [-0.2, -0.15) is 11.3 Å². The van der Waals surface area contributed by atoms with Crippen molar-refractivity contribution >= 4 is 17.2 Å². The molecule has 1 N–H and O–H groups in total. The third-order valence-electron chi connectivity index (χ3n) is 4.29. The number of carbonyl (C=O) groups excluding carboxylic acids is 1. The molecule has 2 fully saturated rings. The Morgan fingerprint density at radius 1 is 1.47 bits per heavy atom. The van der Waals surface area contributed by atoms with Crippen molar-refractivity contribution in [1.29, 1.82) is 0 Å². The maximum absolute atomic E-state index is 12.1. The van der Waals surface area contributed by atoms with Crippen molar-refractivity contribution < 1.29 is 4.79 Å². The van der Waals surface area contributed by atoms with E-state index in [4.69, 9.17) is 0 Å². The molecule has 0 radical (unpaired) electrons. The summed E-state index contributed by atoms with van der Waals surface area (Å²) in [6.07, 6.45) is 3.32. The van der Waals surface area contributed by atoms with Crippen LogP contribution in [-0.4, -0.2) is 29.9 Å². The summed E-state index contributed by atoms with van der Waals surface area (Å²) < 4.78 is 0. The second-order valence-corrected chi connectivity index (χ2v) is 6.72. The predicted molar refractivity (Wildman–Crippen MR) is 78.0 cm³/mol. The van der Waals surface area contributed by atoms with Gasteiger partial charge in [-0.3, -0.25) is 4.79 Å². The summed E-state index contributed by atoms with van der Waals surface area (Å²) in [5.41, 5.74) is 1.37. The lowest BCUT2D eigenvalue weighted by molar-refractivity contribution is -0.134. The number of rotatable bonds is 4. The lowest BCUT2D eigenvalue weighted by atomic mass is 9.93. The average Bonchev–Trinajstić information content (AvgIpc) is 3.13. The SMILES string of the molecule is C[C@@H]1CN(C(=O)C2CC2)CC[C@H]1NCc1ccsc1. The van der Waals surface area contributed by atoms with E-state index in [0.717, 1.165) is 38.9 Å². The van der Waals surface area contributed by atoms with Gasteiger partial charge < -0.3 is 10.2 Å². The van der Waals surface area contributed by atoms with Gasteiger partial charge in [-0.25, -0.2) is 0 Å². The fourth-order valence-electron chi connectivity index (χ4n) is 2.88. The highest BCUT2D eigenvalue weighted by molar-refractivity contribution is 7.07. The van der Waals surface area contributed by atoms with Crippen LogP contribution >= 0.6 is 11.3 Å². The Bertz CT molecular complexity index is 427. The van der Waals surface area contributed by atoms with Crippen molar-refractivity contribution in [3.05, 3.63) is 22.4 Å². The van der Waals surface area contributed by atoms with Crippen LogP contribution < -0.4 is 5.32 Å². The summed E-state index contributed by atoms with van der Waals surface area (Å²) in [5.74, 6) is 1.32. The number of carbonyl (C=O) groups is 1. The molecule has 1 aliphatic carbocycles. The first-order chi connectivity index (χ1) is 9.24. The van der Waals surface area contributed by atoms with Gasteiger partial charge in [-0.05, 0) is 47.6 Å². The number of nitrogens with one attached hydrogen (secondary N) is 1. The topological polar surface area (TPSA) is 32.3 Å². The van der Waals surface area contributed by atoms with Crippen LogP contribution in [0.15, 0.2) is 16.8 Å². The summed E-state index contributed by atoms with van der Waals surface area (Å²) in [6, 6.07) is 2.72. The second kappa shape index (κ2) is 5.63. The van der Waals surface area contributed by atoms with E-state index in [1.165, 1.54) is 5.56 Å². The molecule has 1 amide bonds. The molecule has 1 saturated heterocycles. The molecule has 4 heteroatoms. The van der Waals surface area contributed by atoms with Crippen LogP contribution in [0, 0.1) is 11.8 Å². The molecule has 1 aromatic rings. The van der Waals surface area contributed by atoms with Crippen LogP contribution in [0.2, 0.25) is 0 Å². The van der Waals surface area contributed by atoms with Gasteiger partial charge in [0.05, 0.1) is 0 Å². The molecule has 2 atom stereocenters. The smallest absolute Gasteiger partial charge is 0.225 e. The standard InChI is InChI=1S/C15H22N2OS/c1-11-9-17(15(18)13-2-3-13)6-4-14(11)16-8-12-5-7-19-10-12/h5,7,10-11,13-14,16H,2-4,6,8-9H2,1H3/t11-,14-/m1/s1. The minimum Gasteiger partial charge on any atom is -0.342 e. The maximum atomic E-state index is 12.1. The van der Waals surface area contributed by atoms with E-state index in [1.54, 1.807) is 11.3 Å². The Hall–Kier alpha value is -0.870. The van der Waals surface area contributed by atoms with Crippen molar-refractivity contribution in [3.8, 4) is 0 Å². The monoisotopic (exact) mass is 278 g/mol. The van der Waals surface area contributed by atoms with E-state index in [1.807, 2.05) is 0 Å². The fourth-order valence-corrected chi connectivity index (χ4v) is 3.55. The zero-order valence-electron chi connectivity index (χ0n) is 11.5. The van der Waals surface area contributed by atoms with Gasteiger partial charge in [-0.15, -0.1) is 0 Å². The molecular formula is C15H22N2OS. The number of thiophene rings is 1. The van der Waals surface area contributed by atoms with Gasteiger partial charge in [0.1, 0.15) is 0 Å². The average molecular weight is 278 g/mol. The summed E-state index contributed by atoms with van der Waals surface area (Å²) in [5, 5.41) is 7.97. The molecule has 1 aliphatic heterocycles. The molecule has 0 spiro atoms. The minimum atomic E-state index is 0.363. The Balaban J connectivity index is 1.48. The second-order valence-electron chi connectivity index (χ2n) is 5.94. The summed E-state index contributed by atoms with van der Waals surface area (Å²) in [6.45, 7) is 5.07. The normalized spacial score (nSPS) is 27.5. The van der Waals surface area contributed by atoms with Crippen LogP contribution in [0.1, 0.15) is 31.7 Å². The number of piperidine rings is 1. The maximum Gasteiger partial charge on any atom is 0.225 e. The molecule has 0 unspecified atom stereocenters. The van der Waals surface area contributed by atoms with E-state index in [2.05, 4.69) is 34.0 Å². The fraction of sp³-hybridized carbons (Fsp3) is 0.667. The van der Waals surface area contributed by atoms with Gasteiger partial charge in [0.15, 0.2) is 0 Å². The third kappa shape index (κ3) is 3.18. The molecule has 0 bridgehead atoms. The third-order valence-corrected chi connectivity index (χ3v) is 5.02. The molecule has 0 aromatic carbocycles. The van der Waals surface area contributed by atoms with Crippen LogP contribution in [0.25, 0.3) is 0 Å². The van der Waals surface area contributed by atoms with Crippen molar-refractivity contribution in [2.24, 2.45) is 11.8 Å². The Labute approximate surface area is 119 Å². The highest BCUT2D eigenvalue weighted by Crippen LogP contribution is 2.32. The van der Waals surface area contributed by atoms with Gasteiger partial charge in [-0.1, -0.05) is 6.92 Å². The van der Waals surface area contributed by atoms with Gasteiger partial charge in [0, 0.05) is 31.6 Å². The molecule has 2 heterocycles. The number of hydrogen-bond acceptors (Lipinski definition) is 3. The van der Waals surface area contributed by atoms with Gasteiger partial charge in [0.2, 0.25) is 5.91 Å². The quantitative estimate of drug-likeness (QED) is 0.917. The summed E-state index contributed by atoms with van der Waals surface area (Å²) >= 11 is 1.75. The zero-order valence-corrected chi connectivity index (χ0v) is 12.3. The van der Waals surface area contributed by atoms with E-state index in [9.17, 15) is 4.79 Å². The lowest BCUT2D eigenvalue weighted by Gasteiger charge is -2.37. The summed E-state index contributed by atoms with van der Waals surface area (Å²) in [7, 11) is 0. The van der Waals surface area contributed by atoms with E-state index >= 15 is 0 Å². The highest BCUT2D eigenvalue weighted by Gasteiger charge is 2.36. The van der Waals surface area contributed by atoms with Gasteiger partial charge >= 0.3 is 0 Å². The van der Waals surface area contributed by atoms with Crippen LogP contribution in [0.5, 0.6) is 0 Å². The predicted octanol–water partition coefficient (Wildman–Crippen LogP) is 2.48. The number of hydrogen-bond donors (Lipinski definition) is 1. The van der Waals surface area contributed by atoms with Crippen LogP contribution in [0.4, 0.5) is 0 Å². The van der Waals surface area contributed by atoms with E-state index in [0.29, 0.717) is 23.8 Å². The molecule has 104 valence electrons. The van der Waals surface area contributed by atoms with Crippen molar-refractivity contribution in [3.63, 3.8) is 0 Å². The Morgan fingerprint density at radius 3 is 2.95 bits per heavy atom. The van der Waals surface area contributed by atoms with Crippen LogP contribution in [0.3, 0.4) is 0 Å². The zero-order chi connectivity index (χ0) is 13.2. The van der Waals surface area contributed by atoms with Crippen LogP contribution in [-0.2, 0) is 11.3 Å². The van der Waals surface area contributed by atoms with E-state index in [-0.39, 0.29) is 0 Å². The molecule has 2 aliphatic rings. The van der Waals surface area contributed by atoms with Gasteiger partial charge in [0.25, 0.3) is 0 Å². The minimum absolute atomic E-state index is 0.363. The first kappa shape index (κ1) is 13.1. The van der Waals surface area contributed by atoms with Crippen molar-refractivity contribution in [2.45, 2.75) is 38.8 Å². The number of amides is 1. The highest BCUT2D eigenvalue weighted by atomic mass is 32.1. The number of likely N-dealkylation sites (tertiary alicyclic amines) is 1. The largest absolute Gasteiger partial charge is 0.342 e. The van der Waals surface area contributed by atoms with Crippen molar-refractivity contribution in [1.82, 2.24) is 10.2 Å². The Morgan fingerprint density at radius 2 is 2.32 bits per heavy atom. The molecule has 3 nitrogen and oxygen atoms in total. The first-order valence-corrected chi connectivity index (χ1v) is 8.21. The first-order valence-electron chi connectivity index (χ1n) is 7.27. The summed E-state index contributed by atoms with van der Waals surface area (Å²) in [4.78, 5) is 14.2. The molecule has 1 aromatic heterocycles. The Kier molecular flexibility index (Phi) is 3.89. The molecule has 19 heavy (non-hydrogen) atoms. The molecule has 1 saturated carbocycles.